The number of aromatic nitrogens is 2. The molecule has 3 rings (SSSR count). The first-order chi connectivity index (χ1) is 14.2. The molecule has 30 heavy (non-hydrogen) atoms. The van der Waals surface area contributed by atoms with Crippen LogP contribution in [0.3, 0.4) is 0 Å². The van der Waals surface area contributed by atoms with Crippen molar-refractivity contribution in [2.75, 3.05) is 25.0 Å². The van der Waals surface area contributed by atoms with Gasteiger partial charge in [0.15, 0.2) is 0 Å². The van der Waals surface area contributed by atoms with Crippen LogP contribution in [0.2, 0.25) is 0 Å². The molecule has 8 heteroatoms. The summed E-state index contributed by atoms with van der Waals surface area (Å²) in [5.41, 5.74) is 1.65. The van der Waals surface area contributed by atoms with Crippen molar-refractivity contribution in [2.24, 2.45) is 5.41 Å². The first-order valence-electron chi connectivity index (χ1n) is 9.84. The first kappa shape index (κ1) is 21.4. The molecule has 0 saturated carbocycles. The molecular formula is C22H26N6O2. The van der Waals surface area contributed by atoms with E-state index in [0.29, 0.717) is 24.5 Å². The third-order valence-corrected chi connectivity index (χ3v) is 4.65. The molecule has 0 aliphatic carbocycles. The van der Waals surface area contributed by atoms with Crippen LogP contribution in [0.1, 0.15) is 37.7 Å². The topological polar surface area (TPSA) is 102 Å². The van der Waals surface area contributed by atoms with Crippen molar-refractivity contribution in [3.63, 3.8) is 0 Å². The highest BCUT2D eigenvalue weighted by Crippen LogP contribution is 2.20. The van der Waals surface area contributed by atoms with E-state index >= 15 is 0 Å². The Morgan fingerprint density at radius 3 is 2.37 bits per heavy atom. The third kappa shape index (κ3) is 5.61. The monoisotopic (exact) mass is 406 g/mol. The minimum absolute atomic E-state index is 0.0102. The number of carbonyl (C=O) groups excluding carboxylic acids is 2. The summed E-state index contributed by atoms with van der Waals surface area (Å²) in [6.07, 6.45) is 1.51. The summed E-state index contributed by atoms with van der Waals surface area (Å²) in [6.45, 7) is 7.81. The predicted octanol–water partition coefficient (Wildman–Crippen LogP) is 2.18. The number of nitriles is 1. The average Bonchev–Trinajstić information content (AvgIpc) is 2.70. The number of benzene rings is 1. The number of nitrogens with zero attached hydrogens (tertiary/aromatic N) is 5. The van der Waals surface area contributed by atoms with Crippen molar-refractivity contribution >= 4 is 17.6 Å². The van der Waals surface area contributed by atoms with E-state index in [1.165, 1.54) is 11.1 Å². The Kier molecular flexibility index (Phi) is 6.43. The van der Waals surface area contributed by atoms with Gasteiger partial charge in [-0.1, -0.05) is 51.1 Å². The lowest BCUT2D eigenvalue weighted by atomic mass is 9.97. The number of carbonyl (C=O) groups is 2. The number of amides is 2. The van der Waals surface area contributed by atoms with Crippen LogP contribution in [0.5, 0.6) is 0 Å². The van der Waals surface area contributed by atoms with Gasteiger partial charge >= 0.3 is 0 Å². The minimum atomic E-state index is -0.256. The van der Waals surface area contributed by atoms with Gasteiger partial charge in [-0.05, 0) is 11.0 Å². The molecule has 1 aromatic heterocycles. The number of hydrogen-bond acceptors (Lipinski definition) is 7. The Morgan fingerprint density at radius 1 is 1.10 bits per heavy atom. The molecule has 2 amide bonds. The van der Waals surface area contributed by atoms with Gasteiger partial charge in [-0.15, -0.1) is 0 Å². The molecule has 2 aromatic rings. The van der Waals surface area contributed by atoms with Gasteiger partial charge in [0.05, 0.1) is 19.6 Å². The summed E-state index contributed by atoms with van der Waals surface area (Å²) in [5, 5.41) is 12.3. The fraction of sp³-hybridized carbons (Fsp3) is 0.409. The number of imide groups is 1. The van der Waals surface area contributed by atoms with Gasteiger partial charge in [0, 0.05) is 24.8 Å². The van der Waals surface area contributed by atoms with Gasteiger partial charge in [-0.25, -0.2) is 9.97 Å². The lowest BCUT2D eigenvalue weighted by molar-refractivity contribution is -0.152. The van der Waals surface area contributed by atoms with E-state index < -0.39 is 0 Å². The van der Waals surface area contributed by atoms with Crippen molar-refractivity contribution in [3.8, 4) is 6.07 Å². The van der Waals surface area contributed by atoms with Crippen LogP contribution in [0.4, 0.5) is 5.82 Å². The fourth-order valence-corrected chi connectivity index (χ4v) is 3.13. The van der Waals surface area contributed by atoms with Crippen molar-refractivity contribution in [3.05, 3.63) is 53.5 Å². The van der Waals surface area contributed by atoms with Crippen LogP contribution in [-0.4, -0.2) is 51.2 Å². The largest absolute Gasteiger partial charge is 0.369 e. The van der Waals surface area contributed by atoms with Crippen LogP contribution in [0.25, 0.3) is 0 Å². The molecule has 1 aromatic carbocycles. The molecule has 1 saturated heterocycles. The molecule has 2 heterocycles. The second-order valence-electron chi connectivity index (χ2n) is 8.60. The second-order valence-corrected chi connectivity index (χ2v) is 8.60. The zero-order valence-corrected chi connectivity index (χ0v) is 17.6. The molecule has 1 N–H and O–H groups in total. The molecule has 0 unspecified atom stereocenters. The summed E-state index contributed by atoms with van der Waals surface area (Å²) in [7, 11) is 0. The standard InChI is InChI=1S/C22H26N6O2/c1-22(2,3)15-25-21-17(10-24-18(9-23)26-21)12-28-19(29)13-27(14-20(28)30)11-16-7-5-4-6-8-16/h4-8,10H,11-15H2,1-3H3,(H,24,25,26). The van der Waals surface area contributed by atoms with Crippen LogP contribution >= 0.6 is 0 Å². The Bertz CT molecular complexity index is 944. The van der Waals surface area contributed by atoms with Crippen molar-refractivity contribution in [2.45, 2.75) is 33.9 Å². The van der Waals surface area contributed by atoms with Crippen LogP contribution in [-0.2, 0) is 22.7 Å². The molecule has 0 radical (unpaired) electrons. The smallest absolute Gasteiger partial charge is 0.243 e. The van der Waals surface area contributed by atoms with E-state index in [-0.39, 0.29) is 42.7 Å². The summed E-state index contributed by atoms with van der Waals surface area (Å²) >= 11 is 0. The van der Waals surface area contributed by atoms with Gasteiger partial charge in [0.25, 0.3) is 0 Å². The molecule has 0 atom stereocenters. The van der Waals surface area contributed by atoms with E-state index in [2.05, 4.69) is 36.1 Å². The number of piperazine rings is 1. The zero-order valence-electron chi connectivity index (χ0n) is 17.6. The van der Waals surface area contributed by atoms with Crippen LogP contribution in [0, 0.1) is 16.7 Å². The Morgan fingerprint density at radius 2 is 1.77 bits per heavy atom. The fourth-order valence-electron chi connectivity index (χ4n) is 3.13. The van der Waals surface area contributed by atoms with Gasteiger partial charge in [-0.3, -0.25) is 19.4 Å². The molecule has 8 nitrogen and oxygen atoms in total. The molecule has 0 spiro atoms. The van der Waals surface area contributed by atoms with Gasteiger partial charge < -0.3 is 5.32 Å². The highest BCUT2D eigenvalue weighted by Gasteiger charge is 2.31. The van der Waals surface area contributed by atoms with Crippen molar-refractivity contribution in [1.29, 1.82) is 5.26 Å². The Balaban J connectivity index is 1.72. The van der Waals surface area contributed by atoms with E-state index in [4.69, 9.17) is 5.26 Å². The van der Waals surface area contributed by atoms with Crippen molar-refractivity contribution < 1.29 is 9.59 Å². The van der Waals surface area contributed by atoms with Gasteiger partial charge in [0.2, 0.25) is 17.6 Å². The summed E-state index contributed by atoms with van der Waals surface area (Å²) in [6, 6.07) is 11.7. The third-order valence-electron chi connectivity index (χ3n) is 4.65. The lowest BCUT2D eigenvalue weighted by Gasteiger charge is -2.33. The highest BCUT2D eigenvalue weighted by molar-refractivity contribution is 5.99. The maximum Gasteiger partial charge on any atom is 0.243 e. The summed E-state index contributed by atoms with van der Waals surface area (Å²) in [5.74, 6) is 0.00547. The minimum Gasteiger partial charge on any atom is -0.369 e. The van der Waals surface area contributed by atoms with Gasteiger partial charge in [-0.2, -0.15) is 5.26 Å². The molecular weight excluding hydrogens is 380 g/mol. The Hall–Kier alpha value is -3.31. The van der Waals surface area contributed by atoms with Crippen LogP contribution in [0.15, 0.2) is 36.5 Å². The van der Waals surface area contributed by atoms with Crippen molar-refractivity contribution in [1.82, 2.24) is 19.8 Å². The highest BCUT2D eigenvalue weighted by atomic mass is 16.2. The number of nitrogens with one attached hydrogen (secondary N) is 1. The van der Waals surface area contributed by atoms with Gasteiger partial charge in [0.1, 0.15) is 11.9 Å². The lowest BCUT2D eigenvalue weighted by Crippen LogP contribution is -2.53. The maximum atomic E-state index is 12.7. The molecule has 1 fully saturated rings. The average molecular weight is 406 g/mol. The SMILES string of the molecule is CC(C)(C)CNc1nc(C#N)ncc1CN1C(=O)CN(Cc2ccccc2)CC1=O. The quantitative estimate of drug-likeness (QED) is 0.734. The van der Waals surface area contributed by atoms with E-state index in [0.717, 1.165) is 5.56 Å². The molecule has 1 aliphatic heterocycles. The van der Waals surface area contributed by atoms with E-state index in [1.54, 1.807) is 0 Å². The summed E-state index contributed by atoms with van der Waals surface area (Å²) in [4.78, 5) is 36.8. The normalized spacial score (nSPS) is 15.2. The second kappa shape index (κ2) is 9.01. The van der Waals surface area contributed by atoms with Crippen LogP contribution < -0.4 is 5.32 Å². The maximum absolute atomic E-state index is 12.7. The number of anilines is 1. The Labute approximate surface area is 176 Å². The number of rotatable bonds is 6. The predicted molar refractivity (Wildman–Crippen MR) is 112 cm³/mol. The molecule has 1 aliphatic rings. The number of hydrogen-bond donors (Lipinski definition) is 1. The summed E-state index contributed by atoms with van der Waals surface area (Å²) < 4.78 is 0. The molecule has 156 valence electrons. The molecule has 0 bridgehead atoms. The van der Waals surface area contributed by atoms with E-state index in [1.807, 2.05) is 41.3 Å². The zero-order chi connectivity index (χ0) is 21.7. The first-order valence-corrected chi connectivity index (χ1v) is 9.84. The van der Waals surface area contributed by atoms with E-state index in [9.17, 15) is 9.59 Å².